The maximum Gasteiger partial charge on any atom is 0.412 e. The van der Waals surface area contributed by atoms with E-state index < -0.39 is 11.7 Å². The van der Waals surface area contributed by atoms with E-state index in [1.807, 2.05) is 0 Å². The van der Waals surface area contributed by atoms with Crippen LogP contribution < -0.4 is 10.6 Å². The van der Waals surface area contributed by atoms with Crippen molar-refractivity contribution in [2.24, 2.45) is 0 Å². The van der Waals surface area contributed by atoms with Gasteiger partial charge in [0, 0.05) is 6.61 Å². The number of aliphatic hydroxyl groups is 1. The number of carbonyl (C=O) groups excluding carboxylic acids is 2. The average molecular weight is 320 g/mol. The van der Waals surface area contributed by atoms with E-state index in [1.54, 1.807) is 51.1 Å². The van der Waals surface area contributed by atoms with Gasteiger partial charge in [0.15, 0.2) is 0 Å². The maximum absolute atomic E-state index is 11.8. The molecule has 0 bridgehead atoms. The van der Waals surface area contributed by atoms with Crippen molar-refractivity contribution in [3.05, 3.63) is 36.4 Å². The minimum absolute atomic E-state index is 0.0919. The zero-order valence-corrected chi connectivity index (χ0v) is 13.8. The highest BCUT2D eigenvalue weighted by molar-refractivity contribution is 6.03. The SMILES string of the molecule is CC(C)(C)OC(=O)Nc1ccccc1NC(=O)C=CCCCO. The number of carbonyl (C=O) groups is 2. The number of aliphatic hydroxyl groups excluding tert-OH is 1. The quantitative estimate of drug-likeness (QED) is 0.554. The van der Waals surface area contributed by atoms with E-state index >= 15 is 0 Å². The van der Waals surface area contributed by atoms with Crippen molar-refractivity contribution < 1.29 is 19.4 Å². The molecule has 0 spiro atoms. The molecule has 1 rings (SSSR count). The third-order valence-corrected chi connectivity index (χ3v) is 2.62. The van der Waals surface area contributed by atoms with Crippen LogP contribution in [0.25, 0.3) is 0 Å². The number of hydrogen-bond acceptors (Lipinski definition) is 4. The fourth-order valence-electron chi connectivity index (χ4n) is 1.69. The van der Waals surface area contributed by atoms with Crippen molar-refractivity contribution in [1.82, 2.24) is 0 Å². The van der Waals surface area contributed by atoms with Crippen LogP contribution in [0.3, 0.4) is 0 Å². The molecule has 6 nitrogen and oxygen atoms in total. The van der Waals surface area contributed by atoms with E-state index in [4.69, 9.17) is 9.84 Å². The number of hydrogen-bond donors (Lipinski definition) is 3. The first kappa shape index (κ1) is 18.7. The van der Waals surface area contributed by atoms with Gasteiger partial charge in [-0.05, 0) is 51.8 Å². The summed E-state index contributed by atoms with van der Waals surface area (Å²) in [5.41, 5.74) is 0.339. The minimum atomic E-state index is -0.599. The third kappa shape index (κ3) is 8.01. The first-order chi connectivity index (χ1) is 10.8. The molecule has 0 heterocycles. The highest BCUT2D eigenvalue weighted by Crippen LogP contribution is 2.22. The van der Waals surface area contributed by atoms with Gasteiger partial charge in [-0.25, -0.2) is 4.79 Å². The molecule has 2 amide bonds. The van der Waals surface area contributed by atoms with Gasteiger partial charge in [-0.2, -0.15) is 0 Å². The van der Waals surface area contributed by atoms with Crippen molar-refractivity contribution >= 4 is 23.4 Å². The predicted molar refractivity (Wildman–Crippen MR) is 90.4 cm³/mol. The Kier molecular flexibility index (Phi) is 7.28. The van der Waals surface area contributed by atoms with Crippen molar-refractivity contribution in [3.63, 3.8) is 0 Å². The fourth-order valence-corrected chi connectivity index (χ4v) is 1.69. The molecule has 0 aliphatic carbocycles. The van der Waals surface area contributed by atoms with Crippen LogP contribution in [0.5, 0.6) is 0 Å². The van der Waals surface area contributed by atoms with Gasteiger partial charge in [0.2, 0.25) is 5.91 Å². The normalized spacial score (nSPS) is 11.3. The molecular formula is C17H24N2O4. The molecule has 0 aliphatic rings. The average Bonchev–Trinajstić information content (AvgIpc) is 2.44. The number of allylic oxidation sites excluding steroid dienone is 1. The van der Waals surface area contributed by atoms with Crippen LogP contribution in [0.2, 0.25) is 0 Å². The number of ether oxygens (including phenoxy) is 1. The smallest absolute Gasteiger partial charge is 0.412 e. The third-order valence-electron chi connectivity index (χ3n) is 2.62. The molecule has 0 aromatic heterocycles. The number of amides is 2. The molecular weight excluding hydrogens is 296 g/mol. The Labute approximate surface area is 136 Å². The number of unbranched alkanes of at least 4 members (excludes halogenated alkanes) is 1. The second kappa shape index (κ2) is 8.95. The van der Waals surface area contributed by atoms with E-state index in [9.17, 15) is 9.59 Å². The van der Waals surface area contributed by atoms with Crippen molar-refractivity contribution in [2.45, 2.75) is 39.2 Å². The number of anilines is 2. The lowest BCUT2D eigenvalue weighted by atomic mass is 10.2. The number of nitrogens with one attached hydrogen (secondary N) is 2. The van der Waals surface area contributed by atoms with Gasteiger partial charge < -0.3 is 15.2 Å². The van der Waals surface area contributed by atoms with Crippen LogP contribution in [-0.4, -0.2) is 29.3 Å². The summed E-state index contributed by atoms with van der Waals surface area (Å²) < 4.78 is 5.19. The molecule has 23 heavy (non-hydrogen) atoms. The Hall–Kier alpha value is -2.34. The zero-order chi connectivity index (χ0) is 17.3. The molecule has 0 fully saturated rings. The summed E-state index contributed by atoms with van der Waals surface area (Å²) in [6.07, 6.45) is 3.75. The fraction of sp³-hybridized carbons (Fsp3) is 0.412. The first-order valence-corrected chi connectivity index (χ1v) is 7.49. The molecule has 3 N–H and O–H groups in total. The van der Waals surface area contributed by atoms with Crippen LogP contribution >= 0.6 is 0 Å². The summed E-state index contributed by atoms with van der Waals surface area (Å²) in [5.74, 6) is -0.304. The van der Waals surface area contributed by atoms with Crippen LogP contribution in [0.4, 0.5) is 16.2 Å². The van der Waals surface area contributed by atoms with Gasteiger partial charge in [0.1, 0.15) is 5.60 Å². The number of rotatable bonds is 6. The Bertz CT molecular complexity index is 562. The first-order valence-electron chi connectivity index (χ1n) is 7.49. The highest BCUT2D eigenvalue weighted by Gasteiger charge is 2.17. The molecule has 1 aromatic carbocycles. The predicted octanol–water partition coefficient (Wildman–Crippen LogP) is 3.30. The Morgan fingerprint density at radius 1 is 1.17 bits per heavy atom. The molecule has 0 radical (unpaired) electrons. The van der Waals surface area contributed by atoms with E-state index in [0.717, 1.165) is 0 Å². The summed E-state index contributed by atoms with van der Waals surface area (Å²) >= 11 is 0. The van der Waals surface area contributed by atoms with E-state index in [1.165, 1.54) is 6.08 Å². The van der Waals surface area contributed by atoms with E-state index in [2.05, 4.69) is 10.6 Å². The lowest BCUT2D eigenvalue weighted by Gasteiger charge is -2.20. The van der Waals surface area contributed by atoms with Gasteiger partial charge in [-0.3, -0.25) is 10.1 Å². The Balaban J connectivity index is 2.68. The van der Waals surface area contributed by atoms with Crippen molar-refractivity contribution in [2.75, 3.05) is 17.2 Å². The number of para-hydroxylation sites is 2. The van der Waals surface area contributed by atoms with Gasteiger partial charge in [-0.1, -0.05) is 18.2 Å². The summed E-state index contributed by atoms with van der Waals surface area (Å²) in [4.78, 5) is 23.7. The Morgan fingerprint density at radius 3 is 2.35 bits per heavy atom. The van der Waals surface area contributed by atoms with Gasteiger partial charge in [0.05, 0.1) is 11.4 Å². The van der Waals surface area contributed by atoms with Gasteiger partial charge >= 0.3 is 6.09 Å². The molecule has 0 aliphatic heterocycles. The molecule has 0 saturated carbocycles. The molecule has 126 valence electrons. The molecule has 0 atom stereocenters. The van der Waals surface area contributed by atoms with Gasteiger partial charge in [0.25, 0.3) is 0 Å². The topological polar surface area (TPSA) is 87.7 Å². The number of benzene rings is 1. The lowest BCUT2D eigenvalue weighted by molar-refractivity contribution is -0.111. The second-order valence-corrected chi connectivity index (χ2v) is 5.93. The van der Waals surface area contributed by atoms with Crippen LogP contribution in [0.1, 0.15) is 33.6 Å². The van der Waals surface area contributed by atoms with Crippen LogP contribution in [0.15, 0.2) is 36.4 Å². The maximum atomic E-state index is 11.8. The minimum Gasteiger partial charge on any atom is -0.444 e. The van der Waals surface area contributed by atoms with Crippen LogP contribution in [0, 0.1) is 0 Å². The molecule has 6 heteroatoms. The van der Waals surface area contributed by atoms with Crippen molar-refractivity contribution in [1.29, 1.82) is 0 Å². The molecule has 0 saturated heterocycles. The summed E-state index contributed by atoms with van der Waals surface area (Å²) in [7, 11) is 0. The lowest BCUT2D eigenvalue weighted by Crippen LogP contribution is -2.27. The molecule has 0 unspecified atom stereocenters. The summed E-state index contributed by atoms with van der Waals surface area (Å²) in [6.45, 7) is 5.42. The Morgan fingerprint density at radius 2 is 1.78 bits per heavy atom. The largest absolute Gasteiger partial charge is 0.444 e. The zero-order valence-electron chi connectivity index (χ0n) is 13.8. The highest BCUT2D eigenvalue weighted by atomic mass is 16.6. The van der Waals surface area contributed by atoms with Crippen LogP contribution in [-0.2, 0) is 9.53 Å². The van der Waals surface area contributed by atoms with Crippen molar-refractivity contribution in [3.8, 4) is 0 Å². The van der Waals surface area contributed by atoms with E-state index in [-0.39, 0.29) is 12.5 Å². The monoisotopic (exact) mass is 320 g/mol. The summed E-state index contributed by atoms with van der Waals surface area (Å²) in [5, 5.41) is 14.0. The van der Waals surface area contributed by atoms with Gasteiger partial charge in [-0.15, -0.1) is 0 Å². The second-order valence-electron chi connectivity index (χ2n) is 5.93. The standard InChI is InChI=1S/C17H24N2O4/c1-17(2,3)23-16(22)19-14-10-7-6-9-13(14)18-15(21)11-5-4-8-12-20/h5-7,9-11,20H,4,8,12H2,1-3H3,(H,18,21)(H,19,22). The summed E-state index contributed by atoms with van der Waals surface area (Å²) in [6, 6.07) is 6.87. The molecule has 1 aromatic rings. The van der Waals surface area contributed by atoms with E-state index in [0.29, 0.717) is 24.2 Å².